The Morgan fingerprint density at radius 1 is 1.41 bits per heavy atom. The van der Waals surface area contributed by atoms with Crippen molar-refractivity contribution in [2.24, 2.45) is 0 Å². The third kappa shape index (κ3) is 2.68. The third-order valence-corrected chi connectivity index (χ3v) is 3.14. The number of hydrogen-bond donors (Lipinski definition) is 1. The number of aromatic nitrogens is 1. The first-order valence-corrected chi connectivity index (χ1v) is 5.94. The lowest BCUT2D eigenvalue weighted by molar-refractivity contribution is 0.102. The fourth-order valence-electron chi connectivity index (χ4n) is 1.37. The standard InChI is InChI=1S/C12H11FN2OS/c1-7-5-9(3-4-10(7)13)11(16)15-12-14-8(2)6-17-12/h3-6H,1-2H3,(H,14,15,16). The van der Waals surface area contributed by atoms with Crippen LogP contribution in [0.4, 0.5) is 9.52 Å². The number of rotatable bonds is 2. The Balaban J connectivity index is 2.17. The molecule has 0 bridgehead atoms. The van der Waals surface area contributed by atoms with Gasteiger partial charge in [-0.2, -0.15) is 0 Å². The van der Waals surface area contributed by atoms with E-state index in [4.69, 9.17) is 0 Å². The van der Waals surface area contributed by atoms with Crippen molar-refractivity contribution in [3.05, 3.63) is 46.2 Å². The molecule has 0 saturated heterocycles. The maximum absolute atomic E-state index is 13.1. The Bertz CT molecular complexity index is 565. The third-order valence-electron chi connectivity index (χ3n) is 2.26. The van der Waals surface area contributed by atoms with Gasteiger partial charge >= 0.3 is 0 Å². The van der Waals surface area contributed by atoms with Crippen molar-refractivity contribution in [3.8, 4) is 0 Å². The van der Waals surface area contributed by atoms with E-state index in [1.54, 1.807) is 6.92 Å². The van der Waals surface area contributed by atoms with Crippen molar-refractivity contribution in [1.29, 1.82) is 0 Å². The van der Waals surface area contributed by atoms with Crippen molar-refractivity contribution < 1.29 is 9.18 Å². The zero-order valence-electron chi connectivity index (χ0n) is 9.45. The molecule has 2 aromatic rings. The molecule has 0 aliphatic heterocycles. The van der Waals surface area contributed by atoms with Crippen LogP contribution in [0.25, 0.3) is 0 Å². The van der Waals surface area contributed by atoms with Crippen LogP contribution < -0.4 is 5.32 Å². The summed E-state index contributed by atoms with van der Waals surface area (Å²) in [5, 5.41) is 5.07. The predicted octanol–water partition coefficient (Wildman–Crippen LogP) is 3.15. The molecule has 2 rings (SSSR count). The molecule has 5 heteroatoms. The first kappa shape index (κ1) is 11.7. The second-order valence-electron chi connectivity index (χ2n) is 3.71. The summed E-state index contributed by atoms with van der Waals surface area (Å²) in [6.07, 6.45) is 0. The van der Waals surface area contributed by atoms with E-state index < -0.39 is 0 Å². The van der Waals surface area contributed by atoms with Gasteiger partial charge in [0.25, 0.3) is 5.91 Å². The van der Waals surface area contributed by atoms with Gasteiger partial charge in [0.15, 0.2) is 5.13 Å². The van der Waals surface area contributed by atoms with Gasteiger partial charge in [0.05, 0.1) is 5.69 Å². The number of aryl methyl sites for hydroxylation is 2. The van der Waals surface area contributed by atoms with E-state index in [-0.39, 0.29) is 11.7 Å². The SMILES string of the molecule is Cc1csc(NC(=O)c2ccc(F)c(C)c2)n1. The van der Waals surface area contributed by atoms with Gasteiger partial charge in [-0.3, -0.25) is 10.1 Å². The van der Waals surface area contributed by atoms with E-state index in [2.05, 4.69) is 10.3 Å². The first-order valence-electron chi connectivity index (χ1n) is 5.06. The molecule has 1 N–H and O–H groups in total. The lowest BCUT2D eigenvalue weighted by Crippen LogP contribution is -2.12. The Morgan fingerprint density at radius 2 is 2.18 bits per heavy atom. The van der Waals surface area contributed by atoms with Gasteiger partial charge in [0.2, 0.25) is 0 Å². The summed E-state index contributed by atoms with van der Waals surface area (Å²) in [5.41, 5.74) is 1.74. The van der Waals surface area contributed by atoms with E-state index in [1.165, 1.54) is 29.5 Å². The summed E-state index contributed by atoms with van der Waals surface area (Å²) >= 11 is 1.36. The van der Waals surface area contributed by atoms with Gasteiger partial charge in [-0.25, -0.2) is 9.37 Å². The molecule has 0 aliphatic rings. The van der Waals surface area contributed by atoms with Crippen LogP contribution in [0.3, 0.4) is 0 Å². The molecule has 0 fully saturated rings. The highest BCUT2D eigenvalue weighted by atomic mass is 32.1. The zero-order valence-corrected chi connectivity index (χ0v) is 10.3. The minimum absolute atomic E-state index is 0.276. The molecular formula is C12H11FN2OS. The van der Waals surface area contributed by atoms with Crippen molar-refractivity contribution in [2.75, 3.05) is 5.32 Å². The van der Waals surface area contributed by atoms with E-state index in [0.29, 0.717) is 16.3 Å². The number of hydrogen-bond acceptors (Lipinski definition) is 3. The Hall–Kier alpha value is -1.75. The molecule has 1 aromatic heterocycles. The molecule has 0 aliphatic carbocycles. The summed E-state index contributed by atoms with van der Waals surface area (Å²) in [7, 11) is 0. The molecule has 1 aromatic carbocycles. The Morgan fingerprint density at radius 3 is 2.76 bits per heavy atom. The van der Waals surface area contributed by atoms with Crippen LogP contribution in [0, 0.1) is 19.7 Å². The van der Waals surface area contributed by atoms with Crippen molar-refractivity contribution in [1.82, 2.24) is 4.98 Å². The van der Waals surface area contributed by atoms with E-state index in [9.17, 15) is 9.18 Å². The minimum atomic E-state index is -0.313. The van der Waals surface area contributed by atoms with E-state index in [1.807, 2.05) is 12.3 Å². The fraction of sp³-hybridized carbons (Fsp3) is 0.167. The normalized spacial score (nSPS) is 10.3. The maximum Gasteiger partial charge on any atom is 0.257 e. The predicted molar refractivity (Wildman–Crippen MR) is 65.9 cm³/mol. The number of benzene rings is 1. The molecule has 17 heavy (non-hydrogen) atoms. The molecule has 1 amide bonds. The van der Waals surface area contributed by atoms with Crippen LogP contribution >= 0.6 is 11.3 Å². The molecule has 0 spiro atoms. The van der Waals surface area contributed by atoms with E-state index >= 15 is 0 Å². The van der Waals surface area contributed by atoms with Crippen LogP contribution in [0.2, 0.25) is 0 Å². The van der Waals surface area contributed by atoms with Crippen LogP contribution in [0.15, 0.2) is 23.6 Å². The average molecular weight is 250 g/mol. The average Bonchev–Trinajstić information content (AvgIpc) is 2.68. The molecule has 1 heterocycles. The second kappa shape index (κ2) is 4.63. The van der Waals surface area contributed by atoms with Gasteiger partial charge in [0, 0.05) is 10.9 Å². The monoisotopic (exact) mass is 250 g/mol. The summed E-state index contributed by atoms with van der Waals surface area (Å²) in [5.74, 6) is -0.589. The van der Waals surface area contributed by atoms with Crippen molar-refractivity contribution >= 4 is 22.4 Å². The lowest BCUT2D eigenvalue weighted by atomic mass is 10.1. The van der Waals surface area contributed by atoms with Gasteiger partial charge in [-0.05, 0) is 37.6 Å². The topological polar surface area (TPSA) is 42.0 Å². The van der Waals surface area contributed by atoms with Gasteiger partial charge in [-0.15, -0.1) is 11.3 Å². The Labute approximate surface area is 102 Å². The second-order valence-corrected chi connectivity index (χ2v) is 4.57. The molecule has 0 saturated carbocycles. The highest BCUT2D eigenvalue weighted by Crippen LogP contribution is 2.16. The number of carbonyl (C=O) groups is 1. The number of amides is 1. The van der Waals surface area contributed by atoms with E-state index in [0.717, 1.165) is 5.69 Å². The number of nitrogens with one attached hydrogen (secondary N) is 1. The largest absolute Gasteiger partial charge is 0.298 e. The maximum atomic E-state index is 13.1. The number of carbonyl (C=O) groups excluding carboxylic acids is 1. The van der Waals surface area contributed by atoms with Crippen LogP contribution in [0.1, 0.15) is 21.6 Å². The number of thiazole rings is 1. The van der Waals surface area contributed by atoms with Crippen molar-refractivity contribution in [2.45, 2.75) is 13.8 Å². The molecular weight excluding hydrogens is 239 g/mol. The highest BCUT2D eigenvalue weighted by molar-refractivity contribution is 7.13. The smallest absolute Gasteiger partial charge is 0.257 e. The molecule has 88 valence electrons. The van der Waals surface area contributed by atoms with Gasteiger partial charge in [-0.1, -0.05) is 0 Å². The summed E-state index contributed by atoms with van der Waals surface area (Å²) in [6.45, 7) is 3.48. The number of anilines is 1. The van der Waals surface area contributed by atoms with Crippen LogP contribution in [-0.2, 0) is 0 Å². The van der Waals surface area contributed by atoms with Gasteiger partial charge in [0.1, 0.15) is 5.82 Å². The highest BCUT2D eigenvalue weighted by Gasteiger charge is 2.09. The summed E-state index contributed by atoms with van der Waals surface area (Å²) in [6, 6.07) is 4.26. The molecule has 0 radical (unpaired) electrons. The van der Waals surface area contributed by atoms with Gasteiger partial charge < -0.3 is 0 Å². The molecule has 0 atom stereocenters. The zero-order chi connectivity index (χ0) is 12.4. The first-order chi connectivity index (χ1) is 8.06. The quantitative estimate of drug-likeness (QED) is 0.889. The van der Waals surface area contributed by atoms with Crippen molar-refractivity contribution in [3.63, 3.8) is 0 Å². The summed E-state index contributed by atoms with van der Waals surface area (Å²) < 4.78 is 13.1. The molecule has 3 nitrogen and oxygen atoms in total. The molecule has 0 unspecified atom stereocenters. The fourth-order valence-corrected chi connectivity index (χ4v) is 2.05. The summed E-state index contributed by atoms with van der Waals surface area (Å²) in [4.78, 5) is 15.9. The van der Waals surface area contributed by atoms with Crippen LogP contribution in [0.5, 0.6) is 0 Å². The van der Waals surface area contributed by atoms with Crippen LogP contribution in [-0.4, -0.2) is 10.9 Å². The number of halogens is 1. The number of nitrogens with zero attached hydrogens (tertiary/aromatic N) is 1. The lowest BCUT2D eigenvalue weighted by Gasteiger charge is -2.03. The minimum Gasteiger partial charge on any atom is -0.298 e. The Kier molecular flexibility index (Phi) is 3.19.